The zero-order chi connectivity index (χ0) is 30.8. The Morgan fingerprint density at radius 2 is 1.74 bits per heavy atom. The van der Waals surface area contributed by atoms with E-state index in [4.69, 9.17) is 11.6 Å². The van der Waals surface area contributed by atoms with E-state index in [2.05, 4.69) is 10.6 Å². The Bertz CT molecular complexity index is 1570. The van der Waals surface area contributed by atoms with Gasteiger partial charge in [-0.3, -0.25) is 14.4 Å². The number of anilines is 1. The second-order valence-corrected chi connectivity index (χ2v) is 10.3. The SMILES string of the molecule is CC(C)N1C(=O)C(NC(=O)[C@@H](Cc2ccccc2F)NC(=O)c2ccc(F)cc2C(F)(F)F)=CCc2cc(Cl)ccc21. The summed E-state index contributed by atoms with van der Waals surface area (Å²) in [5, 5.41) is 5.12. The molecule has 2 N–H and O–H groups in total. The average molecular weight is 606 g/mol. The van der Waals surface area contributed by atoms with Crippen LogP contribution in [0, 0.1) is 11.6 Å². The number of hydrogen-bond donors (Lipinski definition) is 2. The molecular formula is C30H25ClF5N3O3. The number of nitrogens with zero attached hydrogens (tertiary/aromatic N) is 1. The maximum Gasteiger partial charge on any atom is 0.417 e. The number of alkyl halides is 3. The van der Waals surface area contributed by atoms with Gasteiger partial charge in [-0.1, -0.05) is 35.9 Å². The van der Waals surface area contributed by atoms with Gasteiger partial charge in [0.1, 0.15) is 23.4 Å². The van der Waals surface area contributed by atoms with E-state index in [1.165, 1.54) is 29.2 Å². The van der Waals surface area contributed by atoms with Crippen LogP contribution in [0.2, 0.25) is 5.02 Å². The lowest BCUT2D eigenvalue weighted by molar-refractivity contribution is -0.138. The minimum absolute atomic E-state index is 0.0138. The molecule has 4 rings (SSSR count). The van der Waals surface area contributed by atoms with Crippen molar-refractivity contribution >= 4 is 35.0 Å². The minimum Gasteiger partial charge on any atom is -0.340 e. The summed E-state index contributed by atoms with van der Waals surface area (Å²) in [7, 11) is 0. The first kappa shape index (κ1) is 30.7. The predicted octanol–water partition coefficient (Wildman–Crippen LogP) is 5.98. The minimum atomic E-state index is -5.08. The highest BCUT2D eigenvalue weighted by Crippen LogP contribution is 2.33. The number of fused-ring (bicyclic) bond motifs is 1. The Kier molecular flexibility index (Phi) is 9.00. The van der Waals surface area contributed by atoms with Gasteiger partial charge in [0, 0.05) is 23.2 Å². The molecule has 3 aromatic carbocycles. The van der Waals surface area contributed by atoms with Gasteiger partial charge in [0.25, 0.3) is 11.8 Å². The average Bonchev–Trinajstić information content (AvgIpc) is 3.04. The predicted molar refractivity (Wildman–Crippen MR) is 147 cm³/mol. The molecule has 220 valence electrons. The molecule has 0 bridgehead atoms. The third-order valence-electron chi connectivity index (χ3n) is 6.59. The smallest absolute Gasteiger partial charge is 0.340 e. The van der Waals surface area contributed by atoms with E-state index in [0.717, 1.165) is 6.07 Å². The van der Waals surface area contributed by atoms with Crippen LogP contribution in [0.25, 0.3) is 0 Å². The second-order valence-electron chi connectivity index (χ2n) is 9.86. The van der Waals surface area contributed by atoms with Gasteiger partial charge in [0.2, 0.25) is 5.91 Å². The van der Waals surface area contributed by atoms with Gasteiger partial charge in [0.15, 0.2) is 0 Å². The molecule has 0 saturated heterocycles. The maximum atomic E-state index is 14.5. The van der Waals surface area contributed by atoms with Crippen LogP contribution in [0.3, 0.4) is 0 Å². The quantitative estimate of drug-likeness (QED) is 0.326. The molecule has 0 unspecified atom stereocenters. The van der Waals surface area contributed by atoms with Crippen LogP contribution in [-0.2, 0) is 28.6 Å². The van der Waals surface area contributed by atoms with Crippen molar-refractivity contribution in [1.29, 1.82) is 0 Å². The first-order chi connectivity index (χ1) is 19.8. The summed E-state index contributed by atoms with van der Waals surface area (Å²) in [6.07, 6.45) is -3.87. The van der Waals surface area contributed by atoms with Crippen LogP contribution >= 0.6 is 11.6 Å². The molecule has 1 heterocycles. The number of carbonyl (C=O) groups excluding carboxylic acids is 3. The summed E-state index contributed by atoms with van der Waals surface area (Å²) in [4.78, 5) is 41.6. The zero-order valence-corrected chi connectivity index (χ0v) is 23.1. The fourth-order valence-corrected chi connectivity index (χ4v) is 4.80. The number of carbonyl (C=O) groups is 3. The van der Waals surface area contributed by atoms with E-state index in [-0.39, 0.29) is 29.8 Å². The summed E-state index contributed by atoms with van der Waals surface area (Å²) in [5.41, 5.74) is -1.35. The second kappa shape index (κ2) is 12.3. The highest BCUT2D eigenvalue weighted by atomic mass is 35.5. The first-order valence-corrected chi connectivity index (χ1v) is 13.2. The van der Waals surface area contributed by atoms with E-state index >= 15 is 0 Å². The number of allylic oxidation sites excluding steroid dienone is 1. The maximum absolute atomic E-state index is 14.5. The van der Waals surface area contributed by atoms with Gasteiger partial charge in [-0.25, -0.2) is 8.78 Å². The molecule has 1 aliphatic heterocycles. The lowest BCUT2D eigenvalue weighted by Gasteiger charge is -2.28. The molecule has 0 aliphatic carbocycles. The first-order valence-electron chi connectivity index (χ1n) is 12.8. The van der Waals surface area contributed by atoms with Crippen LogP contribution in [0.4, 0.5) is 27.6 Å². The van der Waals surface area contributed by atoms with Crippen molar-refractivity contribution in [3.8, 4) is 0 Å². The van der Waals surface area contributed by atoms with E-state index < -0.39 is 59.1 Å². The van der Waals surface area contributed by atoms with Gasteiger partial charge in [0.05, 0.1) is 11.1 Å². The zero-order valence-electron chi connectivity index (χ0n) is 22.4. The largest absolute Gasteiger partial charge is 0.417 e. The van der Waals surface area contributed by atoms with Crippen molar-refractivity contribution in [1.82, 2.24) is 10.6 Å². The molecule has 1 atom stereocenters. The van der Waals surface area contributed by atoms with E-state index in [9.17, 15) is 36.3 Å². The topological polar surface area (TPSA) is 78.5 Å². The standard InChI is InChI=1S/C30H25ClF5N3O3/c1-16(2)39-26-12-8-19(31)13-18(26)7-11-24(29(39)42)37-28(41)25(14-17-5-3-4-6-23(17)33)38-27(40)21-10-9-20(32)15-22(21)30(34,35)36/h3-6,8-13,15-16,25H,7,14H2,1-2H3,(H,37,41)(H,38,40)/t25-/m1/s1. The molecule has 12 heteroatoms. The molecule has 0 fully saturated rings. The van der Waals surface area contributed by atoms with Crippen molar-refractivity contribution in [2.75, 3.05) is 4.90 Å². The molecule has 0 radical (unpaired) electrons. The lowest BCUT2D eigenvalue weighted by atomic mass is 10.0. The molecule has 0 saturated carbocycles. The summed E-state index contributed by atoms with van der Waals surface area (Å²) in [6.45, 7) is 3.53. The number of rotatable bonds is 7. The monoisotopic (exact) mass is 605 g/mol. The van der Waals surface area contributed by atoms with Crippen LogP contribution in [0.15, 0.2) is 72.4 Å². The van der Waals surface area contributed by atoms with Gasteiger partial charge in [-0.15, -0.1) is 0 Å². The fraction of sp³-hybridized carbons (Fsp3) is 0.233. The number of halogens is 6. The van der Waals surface area contributed by atoms with Gasteiger partial charge in [-0.2, -0.15) is 13.2 Å². The third-order valence-corrected chi connectivity index (χ3v) is 6.82. The Balaban J connectivity index is 1.67. The van der Waals surface area contributed by atoms with Gasteiger partial charge < -0.3 is 15.5 Å². The van der Waals surface area contributed by atoms with Gasteiger partial charge >= 0.3 is 6.18 Å². The van der Waals surface area contributed by atoms with Crippen LogP contribution in [-0.4, -0.2) is 29.8 Å². The molecule has 6 nitrogen and oxygen atoms in total. The Morgan fingerprint density at radius 1 is 1.02 bits per heavy atom. The number of nitrogens with one attached hydrogen (secondary N) is 2. The van der Waals surface area contributed by atoms with E-state index in [1.807, 2.05) is 0 Å². The van der Waals surface area contributed by atoms with Crippen molar-refractivity contribution in [2.45, 2.75) is 44.9 Å². The van der Waals surface area contributed by atoms with Crippen molar-refractivity contribution in [3.05, 3.63) is 111 Å². The van der Waals surface area contributed by atoms with Crippen LogP contribution in [0.1, 0.15) is 40.9 Å². The molecular weight excluding hydrogens is 581 g/mol. The molecule has 1 aliphatic rings. The number of amides is 3. The van der Waals surface area contributed by atoms with Gasteiger partial charge in [-0.05, 0) is 73.9 Å². The molecule has 0 spiro atoms. The number of hydrogen-bond acceptors (Lipinski definition) is 3. The molecule has 3 amide bonds. The summed E-state index contributed by atoms with van der Waals surface area (Å²) in [6, 6.07) is 9.85. The highest BCUT2D eigenvalue weighted by Gasteiger charge is 2.37. The summed E-state index contributed by atoms with van der Waals surface area (Å²) < 4.78 is 68.9. The Hall–Kier alpha value is -4.25. The third kappa shape index (κ3) is 6.79. The Labute approximate surface area is 243 Å². The summed E-state index contributed by atoms with van der Waals surface area (Å²) >= 11 is 6.14. The molecule has 0 aromatic heterocycles. The van der Waals surface area contributed by atoms with Crippen molar-refractivity contribution < 1.29 is 36.3 Å². The van der Waals surface area contributed by atoms with Crippen LogP contribution < -0.4 is 15.5 Å². The summed E-state index contributed by atoms with van der Waals surface area (Å²) in [5.74, 6) is -4.82. The molecule has 42 heavy (non-hydrogen) atoms. The Morgan fingerprint density at radius 3 is 2.40 bits per heavy atom. The highest BCUT2D eigenvalue weighted by molar-refractivity contribution is 6.30. The lowest BCUT2D eigenvalue weighted by Crippen LogP contribution is -2.50. The number of benzene rings is 3. The van der Waals surface area contributed by atoms with Crippen LogP contribution in [0.5, 0.6) is 0 Å². The van der Waals surface area contributed by atoms with E-state index in [0.29, 0.717) is 28.4 Å². The normalized spacial score (nSPS) is 14.2. The fourth-order valence-electron chi connectivity index (χ4n) is 4.61. The van der Waals surface area contributed by atoms with Crippen molar-refractivity contribution in [3.63, 3.8) is 0 Å². The van der Waals surface area contributed by atoms with Crippen molar-refractivity contribution in [2.24, 2.45) is 0 Å². The van der Waals surface area contributed by atoms with E-state index in [1.54, 1.807) is 32.0 Å². The molecule has 3 aromatic rings.